The van der Waals surface area contributed by atoms with Crippen LogP contribution in [0.25, 0.3) is 0 Å². The maximum atomic E-state index is 10.5. The molecule has 0 bridgehead atoms. The summed E-state index contributed by atoms with van der Waals surface area (Å²) in [7, 11) is 1.68. The van der Waals surface area contributed by atoms with Crippen molar-refractivity contribution >= 4 is 5.69 Å². The second-order valence-electron chi connectivity index (χ2n) is 4.92. The molecule has 0 aliphatic rings. The Morgan fingerprint density at radius 1 is 1.33 bits per heavy atom. The van der Waals surface area contributed by atoms with Crippen LogP contribution < -0.4 is 5.32 Å². The molecule has 1 N–H and O–H groups in total. The van der Waals surface area contributed by atoms with Gasteiger partial charge in [0.15, 0.2) is 0 Å². The highest BCUT2D eigenvalue weighted by Crippen LogP contribution is 2.12. The molecule has 100 valence electrons. The summed E-state index contributed by atoms with van der Waals surface area (Å²) >= 11 is 0. The van der Waals surface area contributed by atoms with Gasteiger partial charge in [0.05, 0.1) is 11.5 Å². The Hall–Kier alpha value is -1.46. The summed E-state index contributed by atoms with van der Waals surface area (Å²) in [6.45, 7) is 5.61. The van der Waals surface area contributed by atoms with Gasteiger partial charge >= 0.3 is 0 Å². The molecule has 0 atom stereocenters. The summed E-state index contributed by atoms with van der Waals surface area (Å²) in [5.74, 6) is 0. The van der Waals surface area contributed by atoms with Crippen molar-refractivity contribution in [3.05, 3.63) is 39.9 Å². The number of ether oxygens (including phenoxy) is 1. The average Bonchev–Trinajstić information content (AvgIpc) is 2.29. The number of rotatable bonds is 7. The van der Waals surface area contributed by atoms with Gasteiger partial charge in [0.1, 0.15) is 0 Å². The van der Waals surface area contributed by atoms with Crippen LogP contribution in [0.4, 0.5) is 5.69 Å². The van der Waals surface area contributed by atoms with E-state index in [4.69, 9.17) is 4.74 Å². The standard InChI is InChI=1S/C13H20N2O3/c1-13(2,10-18-3)14-9-8-11-4-6-12(7-5-11)15(16)17/h4-7,14H,8-10H2,1-3H3. The van der Waals surface area contributed by atoms with Crippen LogP contribution in [0.15, 0.2) is 24.3 Å². The lowest BCUT2D eigenvalue weighted by molar-refractivity contribution is -0.384. The van der Waals surface area contributed by atoms with Gasteiger partial charge in [-0.2, -0.15) is 0 Å². The predicted octanol–water partition coefficient (Wildman–Crippen LogP) is 2.15. The fourth-order valence-electron chi connectivity index (χ4n) is 1.74. The molecule has 0 aromatic heterocycles. The molecule has 1 aromatic rings. The number of nitro groups is 1. The van der Waals surface area contributed by atoms with Crippen LogP contribution in [-0.4, -0.2) is 30.7 Å². The van der Waals surface area contributed by atoms with Gasteiger partial charge in [-0.15, -0.1) is 0 Å². The summed E-state index contributed by atoms with van der Waals surface area (Å²) in [5.41, 5.74) is 1.16. The number of benzene rings is 1. The highest BCUT2D eigenvalue weighted by molar-refractivity contribution is 5.32. The smallest absolute Gasteiger partial charge is 0.269 e. The summed E-state index contributed by atoms with van der Waals surface area (Å²) in [5, 5.41) is 13.9. The molecule has 0 fully saturated rings. The zero-order chi connectivity index (χ0) is 13.6. The highest BCUT2D eigenvalue weighted by Gasteiger charge is 2.15. The molecule has 0 spiro atoms. The number of hydrogen-bond donors (Lipinski definition) is 1. The quantitative estimate of drug-likeness (QED) is 0.596. The van der Waals surface area contributed by atoms with Gasteiger partial charge < -0.3 is 10.1 Å². The molecule has 0 saturated heterocycles. The van der Waals surface area contributed by atoms with E-state index in [0.29, 0.717) is 6.61 Å². The van der Waals surface area contributed by atoms with E-state index in [1.807, 2.05) is 0 Å². The Balaban J connectivity index is 2.42. The minimum atomic E-state index is -0.385. The third-order valence-corrected chi connectivity index (χ3v) is 2.67. The number of nitrogens with zero attached hydrogens (tertiary/aromatic N) is 1. The lowest BCUT2D eigenvalue weighted by Gasteiger charge is -2.25. The van der Waals surface area contributed by atoms with Gasteiger partial charge in [0.2, 0.25) is 0 Å². The minimum Gasteiger partial charge on any atom is -0.383 e. The molecule has 5 heteroatoms. The largest absolute Gasteiger partial charge is 0.383 e. The van der Waals surface area contributed by atoms with E-state index in [0.717, 1.165) is 18.5 Å². The highest BCUT2D eigenvalue weighted by atomic mass is 16.6. The molecule has 1 aromatic carbocycles. The van der Waals surface area contributed by atoms with Crippen molar-refractivity contribution in [1.82, 2.24) is 5.32 Å². The van der Waals surface area contributed by atoms with Crippen molar-refractivity contribution in [2.75, 3.05) is 20.3 Å². The van der Waals surface area contributed by atoms with E-state index in [1.165, 1.54) is 12.1 Å². The van der Waals surface area contributed by atoms with E-state index in [9.17, 15) is 10.1 Å². The molecule has 0 unspecified atom stereocenters. The Bertz CT molecular complexity index is 388. The van der Waals surface area contributed by atoms with E-state index in [1.54, 1.807) is 19.2 Å². The van der Waals surface area contributed by atoms with Crippen molar-refractivity contribution in [2.24, 2.45) is 0 Å². The third kappa shape index (κ3) is 4.81. The van der Waals surface area contributed by atoms with Crippen LogP contribution in [0, 0.1) is 10.1 Å². The summed E-state index contributed by atoms with van der Waals surface area (Å²) in [4.78, 5) is 10.1. The SMILES string of the molecule is COCC(C)(C)NCCc1ccc([N+](=O)[O-])cc1. The summed E-state index contributed by atoms with van der Waals surface area (Å²) in [6.07, 6.45) is 0.838. The van der Waals surface area contributed by atoms with E-state index in [-0.39, 0.29) is 16.1 Å². The normalized spacial score (nSPS) is 11.5. The molecule has 0 saturated carbocycles. The zero-order valence-corrected chi connectivity index (χ0v) is 11.1. The topological polar surface area (TPSA) is 64.4 Å². The fourth-order valence-corrected chi connectivity index (χ4v) is 1.74. The van der Waals surface area contributed by atoms with Gasteiger partial charge in [0, 0.05) is 24.8 Å². The maximum absolute atomic E-state index is 10.5. The second kappa shape index (κ2) is 6.47. The van der Waals surface area contributed by atoms with Gasteiger partial charge in [0.25, 0.3) is 5.69 Å². The van der Waals surface area contributed by atoms with Crippen molar-refractivity contribution in [3.63, 3.8) is 0 Å². The summed E-state index contributed by atoms with van der Waals surface area (Å²) < 4.78 is 5.11. The van der Waals surface area contributed by atoms with Crippen LogP contribution >= 0.6 is 0 Å². The first-order valence-corrected chi connectivity index (χ1v) is 5.92. The van der Waals surface area contributed by atoms with E-state index < -0.39 is 0 Å². The number of nitrogens with one attached hydrogen (secondary N) is 1. The molecule has 18 heavy (non-hydrogen) atoms. The van der Waals surface area contributed by atoms with Crippen LogP contribution in [0.2, 0.25) is 0 Å². The van der Waals surface area contributed by atoms with Gasteiger partial charge in [-0.1, -0.05) is 12.1 Å². The van der Waals surface area contributed by atoms with Crippen molar-refractivity contribution in [3.8, 4) is 0 Å². The van der Waals surface area contributed by atoms with Crippen molar-refractivity contribution in [1.29, 1.82) is 0 Å². The Morgan fingerprint density at radius 3 is 2.44 bits per heavy atom. The molecular weight excluding hydrogens is 232 g/mol. The molecule has 1 rings (SSSR count). The number of methoxy groups -OCH3 is 1. The molecule has 5 nitrogen and oxygen atoms in total. The number of hydrogen-bond acceptors (Lipinski definition) is 4. The Kier molecular flexibility index (Phi) is 5.25. The first kappa shape index (κ1) is 14.6. The molecule has 0 heterocycles. The molecule has 0 aliphatic heterocycles. The number of non-ortho nitro benzene ring substituents is 1. The molecule has 0 amide bonds. The second-order valence-corrected chi connectivity index (χ2v) is 4.92. The van der Waals surface area contributed by atoms with E-state index >= 15 is 0 Å². The third-order valence-electron chi connectivity index (χ3n) is 2.67. The number of nitro benzene ring substituents is 1. The lowest BCUT2D eigenvalue weighted by atomic mass is 10.1. The first-order chi connectivity index (χ1) is 8.44. The monoisotopic (exact) mass is 252 g/mol. The van der Waals surface area contributed by atoms with Crippen LogP contribution in [0.5, 0.6) is 0 Å². The Labute approximate surface area is 107 Å². The summed E-state index contributed by atoms with van der Waals surface area (Å²) in [6, 6.07) is 6.66. The van der Waals surface area contributed by atoms with Gasteiger partial charge in [-0.05, 0) is 32.4 Å². The first-order valence-electron chi connectivity index (χ1n) is 5.92. The predicted molar refractivity (Wildman–Crippen MR) is 70.8 cm³/mol. The van der Waals surface area contributed by atoms with Gasteiger partial charge in [-0.3, -0.25) is 10.1 Å². The van der Waals surface area contributed by atoms with Crippen molar-refractivity contribution in [2.45, 2.75) is 25.8 Å². The van der Waals surface area contributed by atoms with Crippen LogP contribution in [-0.2, 0) is 11.2 Å². The zero-order valence-electron chi connectivity index (χ0n) is 11.1. The van der Waals surface area contributed by atoms with Crippen LogP contribution in [0.1, 0.15) is 19.4 Å². The lowest BCUT2D eigenvalue weighted by Crippen LogP contribution is -2.44. The molecular formula is C13H20N2O3. The van der Waals surface area contributed by atoms with E-state index in [2.05, 4.69) is 19.2 Å². The average molecular weight is 252 g/mol. The molecule has 0 radical (unpaired) electrons. The maximum Gasteiger partial charge on any atom is 0.269 e. The minimum absolute atomic E-state index is 0.0600. The fraction of sp³-hybridized carbons (Fsp3) is 0.538. The Morgan fingerprint density at radius 2 is 1.94 bits per heavy atom. The van der Waals surface area contributed by atoms with Gasteiger partial charge in [-0.25, -0.2) is 0 Å². The molecule has 0 aliphatic carbocycles. The van der Waals surface area contributed by atoms with Crippen molar-refractivity contribution < 1.29 is 9.66 Å². The van der Waals surface area contributed by atoms with Crippen LogP contribution in [0.3, 0.4) is 0 Å².